The van der Waals surface area contributed by atoms with Crippen LogP contribution in [0.2, 0.25) is 0 Å². The predicted molar refractivity (Wildman–Crippen MR) is 66.8 cm³/mol. The Morgan fingerprint density at radius 3 is 2.76 bits per heavy atom. The molecule has 0 bridgehead atoms. The summed E-state index contributed by atoms with van der Waals surface area (Å²) in [5.74, 6) is 2.32. The van der Waals surface area contributed by atoms with Crippen LogP contribution in [-0.4, -0.2) is 5.78 Å². The largest absolute Gasteiger partial charge is 0.339 e. The number of carbonyl (C=O) groups excluding carboxylic acids is 1. The summed E-state index contributed by atoms with van der Waals surface area (Å²) in [5, 5.41) is 0. The molecule has 0 aromatic rings. The summed E-state index contributed by atoms with van der Waals surface area (Å²) in [7, 11) is 0. The number of ketones is 1. The summed E-state index contributed by atoms with van der Waals surface area (Å²) in [6.45, 7) is 7.91. The Kier molecular flexibility index (Phi) is 3.98. The second kappa shape index (κ2) is 5.07. The van der Waals surface area contributed by atoms with Gasteiger partial charge in [-0.15, -0.1) is 0 Å². The summed E-state index contributed by atoms with van der Waals surface area (Å²) in [6, 6.07) is 0. The van der Waals surface area contributed by atoms with Gasteiger partial charge in [-0.2, -0.15) is 0 Å². The van der Waals surface area contributed by atoms with E-state index in [1.807, 2.05) is 0 Å². The van der Waals surface area contributed by atoms with Gasteiger partial charge in [0.05, 0.1) is 0 Å². The van der Waals surface area contributed by atoms with E-state index in [-0.39, 0.29) is 11.7 Å². The first-order valence-electron chi connectivity index (χ1n) is 6.62. The van der Waals surface area contributed by atoms with E-state index < -0.39 is 0 Å². The molecule has 0 aliphatic heterocycles. The number of hydrogen-bond acceptors (Lipinski definition) is 1. The molecule has 0 amide bonds. The SMILES string of the molecule is [CH2-]C(=O)C(C)C1CCC[C@@H]2CCC(C)=C[C@H]12.[Rf]. The second-order valence-electron chi connectivity index (χ2n) is 5.74. The van der Waals surface area contributed by atoms with Crippen LogP contribution in [0.25, 0.3) is 0 Å². The Morgan fingerprint density at radius 2 is 2.12 bits per heavy atom. The monoisotopic (exact) mass is 486 g/mol. The molecule has 17 heavy (non-hydrogen) atoms. The Balaban J connectivity index is 0.00000144. The van der Waals surface area contributed by atoms with Crippen molar-refractivity contribution in [1.29, 1.82) is 0 Å². The number of allylic oxidation sites excluding steroid dienone is 2. The Morgan fingerprint density at radius 1 is 1.41 bits per heavy atom. The van der Waals surface area contributed by atoms with Crippen LogP contribution in [0.4, 0.5) is 0 Å². The fourth-order valence-corrected chi connectivity index (χ4v) is 3.59. The van der Waals surface area contributed by atoms with E-state index in [9.17, 15) is 4.79 Å². The van der Waals surface area contributed by atoms with Gasteiger partial charge in [0.25, 0.3) is 0 Å². The average molecular weight is 486 g/mol. The smallest absolute Gasteiger partial charge is 0 e. The van der Waals surface area contributed by atoms with Crippen LogP contribution in [0.5, 0.6) is 0 Å². The predicted octanol–water partition coefficient (Wildman–Crippen LogP) is 3.80. The Hall–Kier alpha value is -1.72. The molecule has 1 saturated carbocycles. The van der Waals surface area contributed by atoms with Crippen LogP contribution < -0.4 is 0 Å². The van der Waals surface area contributed by atoms with Crippen LogP contribution in [0.15, 0.2) is 11.6 Å². The molecule has 2 unspecified atom stereocenters. The molecule has 0 aromatic heterocycles. The third-order valence-electron chi connectivity index (χ3n) is 4.69. The topological polar surface area (TPSA) is 17.1 Å². The molecule has 0 spiro atoms. The van der Waals surface area contributed by atoms with Crippen molar-refractivity contribution in [3.05, 3.63) is 18.6 Å². The Bertz CT molecular complexity index is 308. The van der Waals surface area contributed by atoms with Crippen LogP contribution in [-0.2, 0) is 4.79 Å². The van der Waals surface area contributed by atoms with Crippen LogP contribution in [0.1, 0.15) is 46.0 Å². The van der Waals surface area contributed by atoms with Crippen molar-refractivity contribution in [2.75, 3.05) is 0 Å². The van der Waals surface area contributed by atoms with E-state index in [4.69, 9.17) is 0 Å². The van der Waals surface area contributed by atoms with Crippen molar-refractivity contribution in [3.8, 4) is 0 Å². The maximum absolute atomic E-state index is 11.5. The molecule has 0 radical (unpaired) electrons. The fraction of sp³-hybridized carbons (Fsp3) is 0.733. The van der Waals surface area contributed by atoms with Crippen molar-refractivity contribution in [1.82, 2.24) is 0 Å². The van der Waals surface area contributed by atoms with E-state index >= 15 is 0 Å². The van der Waals surface area contributed by atoms with E-state index in [0.717, 1.165) is 5.92 Å². The van der Waals surface area contributed by atoms with Crippen molar-refractivity contribution in [2.24, 2.45) is 23.7 Å². The molecular formula is C15H23ORf-. The summed E-state index contributed by atoms with van der Waals surface area (Å²) >= 11 is 0. The van der Waals surface area contributed by atoms with Crippen molar-refractivity contribution in [2.45, 2.75) is 46.0 Å². The molecule has 0 saturated heterocycles. The van der Waals surface area contributed by atoms with Crippen LogP contribution in [0.3, 0.4) is 0 Å². The van der Waals surface area contributed by atoms with Gasteiger partial charge < -0.3 is 11.7 Å². The molecule has 1 fully saturated rings. The van der Waals surface area contributed by atoms with Gasteiger partial charge in [0, 0.05) is 0 Å². The van der Waals surface area contributed by atoms with Gasteiger partial charge in [-0.25, -0.2) is 0 Å². The molecular weight excluding hydrogens is 463 g/mol. The Labute approximate surface area is 99.3 Å². The van der Waals surface area contributed by atoms with Gasteiger partial charge in [0.15, 0.2) is 0 Å². The molecule has 92 valence electrons. The van der Waals surface area contributed by atoms with Gasteiger partial charge in [0.2, 0.25) is 0 Å². The van der Waals surface area contributed by atoms with E-state index in [1.165, 1.54) is 37.7 Å². The minimum absolute atomic E-state index is 0. The first-order chi connectivity index (χ1) is 7.59. The number of carbonyl (C=O) groups is 1. The van der Waals surface area contributed by atoms with Crippen molar-refractivity contribution >= 4 is 5.78 Å². The number of fused-ring (bicyclic) bond motifs is 1. The third kappa shape index (κ3) is 2.51. The minimum Gasteiger partial charge on any atom is -0.339 e. The van der Waals surface area contributed by atoms with Crippen LogP contribution >= 0.6 is 0 Å². The molecule has 0 heterocycles. The quantitative estimate of drug-likeness (QED) is 0.429. The maximum Gasteiger partial charge on any atom is 0 e. The second-order valence-corrected chi connectivity index (χ2v) is 5.74. The molecule has 0 N–H and O–H groups in total. The molecule has 4 atom stereocenters. The number of Topliss-reactive ketones (excluding diaryl/α,β-unsaturated/α-hetero) is 1. The maximum atomic E-state index is 11.5. The number of rotatable bonds is 2. The normalized spacial score (nSPS) is 34.0. The summed E-state index contributed by atoms with van der Waals surface area (Å²) < 4.78 is 0. The third-order valence-corrected chi connectivity index (χ3v) is 4.69. The van der Waals surface area contributed by atoms with Gasteiger partial charge in [0.1, 0.15) is 0 Å². The van der Waals surface area contributed by atoms with Crippen molar-refractivity contribution in [3.63, 3.8) is 0 Å². The summed E-state index contributed by atoms with van der Waals surface area (Å²) in [6.07, 6.45) is 8.94. The fourth-order valence-electron chi connectivity index (χ4n) is 3.59. The van der Waals surface area contributed by atoms with E-state index in [2.05, 4.69) is 26.8 Å². The standard InChI is InChI=1S/C15H23O.Rf/c1-10-7-8-13-5-4-6-14(15(13)9-10)11(2)12(3)16;/h9,11,13-15H,3-8H2,1-2H3;/q-1;/t11?,13-,14?,15+;/m1./s1. The zero-order chi connectivity index (χ0) is 11.7. The zero-order valence-corrected chi connectivity index (χ0v) is 17.6. The molecule has 1 nitrogen and oxygen atoms in total. The minimum atomic E-state index is 0. The average Bonchev–Trinajstić information content (AvgIpc) is 2.27. The number of hydrogen-bond donors (Lipinski definition) is 0. The summed E-state index contributed by atoms with van der Waals surface area (Å²) in [4.78, 5) is 11.5. The zero-order valence-electron chi connectivity index (χ0n) is 11.2. The molecule has 2 aliphatic carbocycles. The molecule has 2 heteroatoms. The first-order valence-corrected chi connectivity index (χ1v) is 6.62. The van der Waals surface area contributed by atoms with E-state index in [0.29, 0.717) is 11.8 Å². The molecule has 0 aromatic carbocycles. The van der Waals surface area contributed by atoms with Gasteiger partial charge in [-0.05, 0) is 62.1 Å². The van der Waals surface area contributed by atoms with Gasteiger partial charge in [-0.3, -0.25) is 0 Å². The molecule has 2 aliphatic rings. The van der Waals surface area contributed by atoms with Crippen molar-refractivity contribution < 1.29 is 4.79 Å². The van der Waals surface area contributed by atoms with Gasteiger partial charge in [-0.1, -0.05) is 25.0 Å². The first kappa shape index (κ1) is 13.3. The molecule has 2 rings (SSSR count). The van der Waals surface area contributed by atoms with E-state index in [1.54, 1.807) is 0 Å². The summed E-state index contributed by atoms with van der Waals surface area (Å²) in [5.41, 5.74) is 1.52. The van der Waals surface area contributed by atoms with Crippen LogP contribution in [0, 0.1) is 30.6 Å². The van der Waals surface area contributed by atoms with Gasteiger partial charge >= 0.3 is 0 Å².